The largest absolute Gasteiger partial charge is 0.358 e. The van der Waals surface area contributed by atoms with Crippen molar-refractivity contribution in [3.05, 3.63) is 23.9 Å². The van der Waals surface area contributed by atoms with Crippen LogP contribution in [0.15, 0.2) is 18.2 Å². The maximum absolute atomic E-state index is 12.4. The molecule has 0 spiro atoms. The van der Waals surface area contributed by atoms with Crippen LogP contribution >= 0.6 is 0 Å². The summed E-state index contributed by atoms with van der Waals surface area (Å²) >= 11 is 0. The molecule has 2 amide bonds. The van der Waals surface area contributed by atoms with Crippen LogP contribution in [0.2, 0.25) is 0 Å². The molecule has 2 aliphatic rings. The molecule has 1 aromatic rings. The number of anilines is 1. The molecule has 1 aromatic heterocycles. The predicted octanol–water partition coefficient (Wildman–Crippen LogP) is 1.87. The average molecular weight is 273 g/mol. The fourth-order valence-electron chi connectivity index (χ4n) is 3.11. The molecule has 2 heterocycles. The lowest BCUT2D eigenvalue weighted by Crippen LogP contribution is -2.41. The smallest absolute Gasteiger partial charge is 0.252 e. The number of rotatable bonds is 3. The van der Waals surface area contributed by atoms with Crippen molar-refractivity contribution < 1.29 is 9.59 Å². The number of aryl methyl sites for hydroxylation is 1. The van der Waals surface area contributed by atoms with E-state index in [-0.39, 0.29) is 24.3 Å². The molecule has 1 unspecified atom stereocenters. The summed E-state index contributed by atoms with van der Waals surface area (Å²) in [6, 6.07) is 5.27. The van der Waals surface area contributed by atoms with Crippen molar-refractivity contribution in [2.45, 2.75) is 51.1 Å². The first-order chi connectivity index (χ1) is 9.65. The summed E-state index contributed by atoms with van der Waals surface area (Å²) in [5.41, 5.74) is 0.888. The van der Waals surface area contributed by atoms with Gasteiger partial charge in [0, 0.05) is 11.7 Å². The molecule has 3 rings (SSSR count). The second kappa shape index (κ2) is 5.23. The van der Waals surface area contributed by atoms with Gasteiger partial charge in [0.1, 0.15) is 11.9 Å². The summed E-state index contributed by atoms with van der Waals surface area (Å²) in [6.07, 6.45) is 4.36. The number of aromatic nitrogens is 1. The number of amides is 2. The molecule has 5 nitrogen and oxygen atoms in total. The fraction of sp³-hybridized carbons (Fsp3) is 0.533. The van der Waals surface area contributed by atoms with Gasteiger partial charge in [0.15, 0.2) is 0 Å². The third-order valence-corrected chi connectivity index (χ3v) is 4.08. The van der Waals surface area contributed by atoms with Crippen molar-refractivity contribution in [1.82, 2.24) is 9.88 Å². The molecule has 2 fully saturated rings. The Morgan fingerprint density at radius 3 is 2.70 bits per heavy atom. The highest BCUT2D eigenvalue weighted by Gasteiger charge is 2.43. The number of pyridine rings is 1. The monoisotopic (exact) mass is 273 g/mol. The number of carbonyl (C=O) groups excluding carboxylic acids is 2. The highest BCUT2D eigenvalue weighted by Crippen LogP contribution is 2.29. The van der Waals surface area contributed by atoms with Crippen LogP contribution in [0.25, 0.3) is 0 Å². The summed E-state index contributed by atoms with van der Waals surface area (Å²) in [4.78, 5) is 30.3. The minimum absolute atomic E-state index is 0.0490. The Morgan fingerprint density at radius 1 is 1.25 bits per heavy atom. The summed E-state index contributed by atoms with van der Waals surface area (Å²) in [5.74, 6) is 0.515. The number of hydrogen-bond donors (Lipinski definition) is 1. The van der Waals surface area contributed by atoms with E-state index < -0.39 is 6.04 Å². The van der Waals surface area contributed by atoms with Crippen LogP contribution < -0.4 is 5.32 Å². The van der Waals surface area contributed by atoms with E-state index in [0.717, 1.165) is 31.4 Å². The van der Waals surface area contributed by atoms with Crippen molar-refractivity contribution in [2.75, 3.05) is 5.32 Å². The van der Waals surface area contributed by atoms with E-state index in [1.807, 2.05) is 25.1 Å². The molecule has 0 radical (unpaired) electrons. The standard InChI is InChI=1S/C15H19N3O2/c1-10-5-4-8-13(16-10)17-12-9-14(19)18(15(12)20)11-6-2-3-7-11/h4-5,8,11-12H,2-3,6-7,9H2,1H3,(H,16,17). The molecule has 20 heavy (non-hydrogen) atoms. The minimum atomic E-state index is -0.461. The first kappa shape index (κ1) is 13.1. The third-order valence-electron chi connectivity index (χ3n) is 4.08. The van der Waals surface area contributed by atoms with Gasteiger partial charge in [-0.25, -0.2) is 4.98 Å². The number of hydrogen-bond acceptors (Lipinski definition) is 4. The molecule has 1 N–H and O–H groups in total. The van der Waals surface area contributed by atoms with Crippen LogP contribution in [0.1, 0.15) is 37.8 Å². The van der Waals surface area contributed by atoms with Crippen LogP contribution in [0.4, 0.5) is 5.82 Å². The summed E-state index contributed by atoms with van der Waals surface area (Å²) in [7, 11) is 0. The van der Waals surface area contributed by atoms with Crippen molar-refractivity contribution in [3.8, 4) is 0 Å². The normalized spacial score (nSPS) is 23.6. The third kappa shape index (κ3) is 2.40. The van der Waals surface area contributed by atoms with E-state index in [1.54, 1.807) is 0 Å². The first-order valence-corrected chi connectivity index (χ1v) is 7.21. The zero-order valence-electron chi connectivity index (χ0n) is 11.6. The number of nitrogens with one attached hydrogen (secondary N) is 1. The van der Waals surface area contributed by atoms with Gasteiger partial charge in [-0.05, 0) is 31.9 Å². The molecule has 0 bridgehead atoms. The highest BCUT2D eigenvalue weighted by molar-refractivity contribution is 6.07. The van der Waals surface area contributed by atoms with E-state index in [2.05, 4.69) is 10.3 Å². The Kier molecular flexibility index (Phi) is 3.42. The van der Waals surface area contributed by atoms with Gasteiger partial charge in [0.25, 0.3) is 5.91 Å². The van der Waals surface area contributed by atoms with Crippen LogP contribution in [0.3, 0.4) is 0 Å². The SMILES string of the molecule is Cc1cccc(NC2CC(=O)N(C3CCCC3)C2=O)n1. The van der Waals surface area contributed by atoms with Gasteiger partial charge in [-0.2, -0.15) is 0 Å². The minimum Gasteiger partial charge on any atom is -0.358 e. The van der Waals surface area contributed by atoms with Crippen molar-refractivity contribution >= 4 is 17.6 Å². The lowest BCUT2D eigenvalue weighted by atomic mass is 10.2. The van der Waals surface area contributed by atoms with E-state index in [0.29, 0.717) is 5.82 Å². The molecule has 0 aromatic carbocycles. The maximum Gasteiger partial charge on any atom is 0.252 e. The molecular weight excluding hydrogens is 254 g/mol. The Hall–Kier alpha value is -1.91. The first-order valence-electron chi connectivity index (χ1n) is 7.21. The zero-order valence-corrected chi connectivity index (χ0v) is 11.6. The van der Waals surface area contributed by atoms with E-state index in [9.17, 15) is 9.59 Å². The van der Waals surface area contributed by atoms with Gasteiger partial charge in [0.2, 0.25) is 5.91 Å². The molecule has 1 atom stereocenters. The lowest BCUT2D eigenvalue weighted by molar-refractivity contribution is -0.141. The molecule has 1 aliphatic carbocycles. The Labute approximate surface area is 118 Å². The van der Waals surface area contributed by atoms with Crippen molar-refractivity contribution in [2.24, 2.45) is 0 Å². The van der Waals surface area contributed by atoms with Gasteiger partial charge >= 0.3 is 0 Å². The Bertz CT molecular complexity index is 538. The number of carbonyl (C=O) groups is 2. The van der Waals surface area contributed by atoms with Crippen molar-refractivity contribution in [3.63, 3.8) is 0 Å². The topological polar surface area (TPSA) is 62.3 Å². The van der Waals surface area contributed by atoms with Crippen molar-refractivity contribution in [1.29, 1.82) is 0 Å². The van der Waals surface area contributed by atoms with Crippen LogP contribution in [0.5, 0.6) is 0 Å². The fourth-order valence-corrected chi connectivity index (χ4v) is 3.11. The Balaban J connectivity index is 1.72. The number of likely N-dealkylation sites (tertiary alicyclic amines) is 1. The Morgan fingerprint density at radius 2 is 2.00 bits per heavy atom. The van der Waals surface area contributed by atoms with Crippen LogP contribution in [0, 0.1) is 6.92 Å². The molecule has 5 heteroatoms. The van der Waals surface area contributed by atoms with Crippen LogP contribution in [-0.2, 0) is 9.59 Å². The highest BCUT2D eigenvalue weighted by atomic mass is 16.2. The molecule has 106 valence electrons. The molecule has 1 saturated heterocycles. The van der Waals surface area contributed by atoms with E-state index >= 15 is 0 Å². The summed E-state index contributed by atoms with van der Waals surface area (Å²) < 4.78 is 0. The second-order valence-corrected chi connectivity index (χ2v) is 5.61. The second-order valence-electron chi connectivity index (χ2n) is 5.61. The maximum atomic E-state index is 12.4. The van der Waals surface area contributed by atoms with Gasteiger partial charge in [-0.3, -0.25) is 14.5 Å². The summed E-state index contributed by atoms with van der Waals surface area (Å²) in [6.45, 7) is 1.90. The zero-order chi connectivity index (χ0) is 14.1. The molecular formula is C15H19N3O2. The van der Waals surface area contributed by atoms with Gasteiger partial charge in [-0.15, -0.1) is 0 Å². The quantitative estimate of drug-likeness (QED) is 0.854. The molecule has 1 saturated carbocycles. The predicted molar refractivity (Wildman–Crippen MR) is 75.1 cm³/mol. The number of nitrogens with zero attached hydrogens (tertiary/aromatic N) is 2. The van der Waals surface area contributed by atoms with Crippen LogP contribution in [-0.4, -0.2) is 33.8 Å². The van der Waals surface area contributed by atoms with Gasteiger partial charge in [0.05, 0.1) is 6.42 Å². The van der Waals surface area contributed by atoms with E-state index in [4.69, 9.17) is 0 Å². The lowest BCUT2D eigenvalue weighted by Gasteiger charge is -2.22. The summed E-state index contributed by atoms with van der Waals surface area (Å²) in [5, 5.41) is 3.09. The molecule has 1 aliphatic heterocycles. The van der Waals surface area contributed by atoms with Gasteiger partial charge < -0.3 is 5.32 Å². The van der Waals surface area contributed by atoms with E-state index in [1.165, 1.54) is 4.90 Å². The van der Waals surface area contributed by atoms with Gasteiger partial charge in [-0.1, -0.05) is 18.9 Å². The average Bonchev–Trinajstić information content (AvgIpc) is 2.99. The number of imide groups is 1.